The molecule has 11 unspecified atom stereocenters. The van der Waals surface area contributed by atoms with Crippen LogP contribution in [0.4, 0.5) is 0 Å². The number of allylic oxidation sites excluding steroid dienone is 1. The van der Waals surface area contributed by atoms with Crippen LogP contribution in [0.1, 0.15) is 26.7 Å². The average molecular weight is 446 g/mol. The lowest BCUT2D eigenvalue weighted by atomic mass is 9.50. The van der Waals surface area contributed by atoms with Crippen LogP contribution in [0.3, 0.4) is 0 Å². The molecule has 2 saturated heterocycles. The van der Waals surface area contributed by atoms with Gasteiger partial charge in [-0.3, -0.25) is 0 Å². The molecule has 0 aromatic carbocycles. The fraction of sp³-hybridized carbons (Fsp3) is 0.905. The normalized spacial score (nSPS) is 49.3. The van der Waals surface area contributed by atoms with Crippen LogP contribution in [0.15, 0.2) is 11.6 Å². The van der Waals surface area contributed by atoms with Crippen LogP contribution in [0.25, 0.3) is 0 Å². The molecule has 2 bridgehead atoms. The molecule has 11 atom stereocenters. The van der Waals surface area contributed by atoms with Crippen LogP contribution < -0.4 is 0 Å². The van der Waals surface area contributed by atoms with E-state index in [2.05, 4.69) is 19.9 Å². The van der Waals surface area contributed by atoms with Crippen molar-refractivity contribution in [2.75, 3.05) is 19.8 Å². The summed E-state index contributed by atoms with van der Waals surface area (Å²) < 4.78 is 22.0. The lowest BCUT2D eigenvalue weighted by Gasteiger charge is -2.55. The molecule has 6 N–H and O–H groups in total. The smallest absolute Gasteiger partial charge is 0.187 e. The molecule has 10 nitrogen and oxygen atoms in total. The fourth-order valence-corrected chi connectivity index (χ4v) is 4.96. The van der Waals surface area contributed by atoms with Crippen molar-refractivity contribution in [3.05, 3.63) is 11.6 Å². The quantitative estimate of drug-likeness (QED) is 0.259. The Bertz CT molecular complexity index is 669. The van der Waals surface area contributed by atoms with Gasteiger partial charge in [-0.25, -0.2) is 0 Å². The van der Waals surface area contributed by atoms with Crippen molar-refractivity contribution >= 4 is 0 Å². The van der Waals surface area contributed by atoms with Gasteiger partial charge in [-0.2, -0.15) is 0 Å². The van der Waals surface area contributed by atoms with Crippen molar-refractivity contribution in [2.45, 2.75) is 82.0 Å². The Hall–Kier alpha value is -0.660. The fourth-order valence-electron chi connectivity index (χ4n) is 4.96. The predicted molar refractivity (Wildman–Crippen MR) is 104 cm³/mol. The van der Waals surface area contributed by atoms with Gasteiger partial charge in [-0.15, -0.1) is 0 Å². The van der Waals surface area contributed by atoms with Crippen molar-refractivity contribution in [3.8, 4) is 0 Å². The molecule has 3 fully saturated rings. The van der Waals surface area contributed by atoms with E-state index in [-0.39, 0.29) is 19.8 Å². The first-order valence-electron chi connectivity index (χ1n) is 10.9. The number of ether oxygens (including phenoxy) is 4. The minimum Gasteiger partial charge on any atom is -0.388 e. The van der Waals surface area contributed by atoms with Gasteiger partial charge in [-0.1, -0.05) is 19.9 Å². The predicted octanol–water partition coefficient (Wildman–Crippen LogP) is -1.74. The molecular formula is C21H34O10. The molecule has 31 heavy (non-hydrogen) atoms. The Labute approximate surface area is 181 Å². The van der Waals surface area contributed by atoms with Crippen molar-refractivity contribution in [1.82, 2.24) is 0 Å². The maximum absolute atomic E-state index is 10.3. The summed E-state index contributed by atoms with van der Waals surface area (Å²) in [5, 5.41) is 59.9. The topological polar surface area (TPSA) is 158 Å². The summed E-state index contributed by atoms with van der Waals surface area (Å²) in [6.45, 7) is 4.27. The first-order valence-corrected chi connectivity index (χ1v) is 10.9. The summed E-state index contributed by atoms with van der Waals surface area (Å²) in [6, 6.07) is 0. The van der Waals surface area contributed by atoms with E-state index < -0.39 is 55.3 Å². The zero-order valence-electron chi connectivity index (χ0n) is 17.8. The van der Waals surface area contributed by atoms with Crippen molar-refractivity contribution in [1.29, 1.82) is 0 Å². The Morgan fingerprint density at radius 1 is 0.935 bits per heavy atom. The van der Waals surface area contributed by atoms with Gasteiger partial charge in [0, 0.05) is 0 Å². The highest BCUT2D eigenvalue weighted by Crippen LogP contribution is 2.58. The molecule has 2 aliphatic heterocycles. The third kappa shape index (κ3) is 4.43. The molecule has 0 amide bonds. The van der Waals surface area contributed by atoms with Crippen LogP contribution in [0, 0.1) is 17.3 Å². The minimum atomic E-state index is -1.51. The van der Waals surface area contributed by atoms with Crippen LogP contribution in [0.2, 0.25) is 0 Å². The SMILES string of the molecule is CC1(C)C2C=C(COC3OC(COC4OCC(O)C(O)C4O)C(O)C(O)C3O)CC1C2. The Balaban J connectivity index is 1.31. The molecule has 0 aromatic rings. The van der Waals surface area contributed by atoms with E-state index in [1.165, 1.54) is 6.42 Å². The molecule has 1 saturated carbocycles. The van der Waals surface area contributed by atoms with Crippen molar-refractivity contribution in [2.24, 2.45) is 17.3 Å². The zero-order valence-corrected chi connectivity index (χ0v) is 17.8. The molecule has 178 valence electrons. The maximum atomic E-state index is 10.3. The third-order valence-electron chi connectivity index (χ3n) is 7.47. The molecule has 0 spiro atoms. The number of hydrogen-bond donors (Lipinski definition) is 6. The Morgan fingerprint density at radius 3 is 2.29 bits per heavy atom. The number of fused-ring (bicyclic) bond motifs is 1. The Morgan fingerprint density at radius 2 is 1.65 bits per heavy atom. The van der Waals surface area contributed by atoms with Gasteiger partial charge < -0.3 is 49.6 Å². The molecule has 5 aliphatic rings. The van der Waals surface area contributed by atoms with Crippen molar-refractivity contribution in [3.63, 3.8) is 0 Å². The standard InChI is InChI=1S/C21H34O10/c1-21(2)10-3-9(4-11(21)5-10)6-28-20-18(27)16(25)15(24)13(31-20)8-30-19-17(26)14(23)12(22)7-29-19/h3,10-20,22-27H,4-8H2,1-2H3. The first-order chi connectivity index (χ1) is 14.6. The Kier molecular flexibility index (Phi) is 6.78. The van der Waals surface area contributed by atoms with Gasteiger partial charge in [0.25, 0.3) is 0 Å². The van der Waals surface area contributed by atoms with Gasteiger partial charge in [0.1, 0.15) is 42.7 Å². The molecular weight excluding hydrogens is 412 g/mol. The summed E-state index contributed by atoms with van der Waals surface area (Å²) in [5.41, 5.74) is 1.44. The average Bonchev–Trinajstić information content (AvgIpc) is 2.76. The van der Waals surface area contributed by atoms with E-state index in [1.807, 2.05) is 0 Å². The van der Waals surface area contributed by atoms with Crippen LogP contribution in [0.5, 0.6) is 0 Å². The van der Waals surface area contributed by atoms with Gasteiger partial charge in [-0.05, 0) is 35.7 Å². The van der Waals surface area contributed by atoms with Gasteiger partial charge >= 0.3 is 0 Å². The summed E-state index contributed by atoms with van der Waals surface area (Å²) >= 11 is 0. The highest BCUT2D eigenvalue weighted by molar-refractivity contribution is 5.21. The second-order valence-corrected chi connectivity index (χ2v) is 9.80. The lowest BCUT2D eigenvalue weighted by Crippen LogP contribution is -2.60. The first kappa shape index (κ1) is 23.5. The van der Waals surface area contributed by atoms with E-state index in [0.29, 0.717) is 17.3 Å². The van der Waals surface area contributed by atoms with Crippen molar-refractivity contribution < 1.29 is 49.6 Å². The van der Waals surface area contributed by atoms with E-state index in [1.54, 1.807) is 0 Å². The lowest BCUT2D eigenvalue weighted by molar-refractivity contribution is -0.319. The summed E-state index contributed by atoms with van der Waals surface area (Å²) in [5.74, 6) is 1.13. The summed E-state index contributed by atoms with van der Waals surface area (Å²) in [6.07, 6.45) is -7.66. The molecule has 0 radical (unpaired) electrons. The highest BCUT2D eigenvalue weighted by Gasteiger charge is 2.50. The zero-order chi connectivity index (χ0) is 22.5. The second kappa shape index (κ2) is 8.94. The second-order valence-electron chi connectivity index (χ2n) is 9.80. The van der Waals surface area contributed by atoms with E-state index >= 15 is 0 Å². The summed E-state index contributed by atoms with van der Waals surface area (Å²) in [7, 11) is 0. The molecule has 10 heteroatoms. The molecule has 3 aliphatic carbocycles. The molecule has 2 heterocycles. The van der Waals surface area contributed by atoms with Crippen LogP contribution in [-0.2, 0) is 18.9 Å². The minimum absolute atomic E-state index is 0.224. The number of aliphatic hydroxyl groups excluding tert-OH is 6. The summed E-state index contributed by atoms with van der Waals surface area (Å²) in [4.78, 5) is 0. The van der Waals surface area contributed by atoms with Crippen LogP contribution in [-0.4, -0.2) is 106 Å². The largest absolute Gasteiger partial charge is 0.388 e. The third-order valence-corrected chi connectivity index (χ3v) is 7.47. The maximum Gasteiger partial charge on any atom is 0.187 e. The van der Waals surface area contributed by atoms with Gasteiger partial charge in [0.2, 0.25) is 0 Å². The number of hydrogen-bond acceptors (Lipinski definition) is 10. The van der Waals surface area contributed by atoms with Gasteiger partial charge in [0.15, 0.2) is 12.6 Å². The van der Waals surface area contributed by atoms with E-state index in [0.717, 1.165) is 12.0 Å². The van der Waals surface area contributed by atoms with Crippen LogP contribution >= 0.6 is 0 Å². The molecule has 5 rings (SSSR count). The monoisotopic (exact) mass is 446 g/mol. The number of aliphatic hydroxyl groups is 6. The van der Waals surface area contributed by atoms with Gasteiger partial charge in [0.05, 0.1) is 19.8 Å². The van der Waals surface area contributed by atoms with E-state index in [4.69, 9.17) is 18.9 Å². The molecule has 0 aromatic heterocycles. The van der Waals surface area contributed by atoms with E-state index in [9.17, 15) is 30.6 Å². The highest BCUT2D eigenvalue weighted by atomic mass is 16.7. The number of rotatable bonds is 6.